The van der Waals surface area contributed by atoms with Gasteiger partial charge in [0.1, 0.15) is 0 Å². The molecule has 0 N–H and O–H groups in total. The van der Waals surface area contributed by atoms with E-state index < -0.39 is 8.07 Å². The summed E-state index contributed by atoms with van der Waals surface area (Å²) in [4.78, 5) is 2.51. The third-order valence-electron chi connectivity index (χ3n) is 2.70. The van der Waals surface area contributed by atoms with Gasteiger partial charge in [-0.1, -0.05) is 33.0 Å². The lowest BCUT2D eigenvalue weighted by Crippen LogP contribution is -2.32. The van der Waals surface area contributed by atoms with Crippen LogP contribution in [0.25, 0.3) is 0 Å². The molecule has 0 unspecified atom stereocenters. The van der Waals surface area contributed by atoms with Crippen LogP contribution in [0.3, 0.4) is 0 Å². The topological polar surface area (TPSA) is 3.24 Å². The summed E-state index contributed by atoms with van der Waals surface area (Å²) < 4.78 is 0. The molecular weight excluding hydrogens is 174 g/mol. The molecule has 0 aromatic carbocycles. The maximum atomic E-state index is 3.83. The Kier molecular flexibility index (Phi) is 6.34. The van der Waals surface area contributed by atoms with Crippen molar-refractivity contribution in [2.24, 2.45) is 0 Å². The number of allylic oxidation sites excluding steroid dienone is 1. The van der Waals surface area contributed by atoms with Gasteiger partial charge in [-0.05, 0) is 31.7 Å². The van der Waals surface area contributed by atoms with Gasteiger partial charge in [0.25, 0.3) is 0 Å². The molecular formula is C11H25NSi. The molecule has 0 saturated carbocycles. The van der Waals surface area contributed by atoms with Gasteiger partial charge in [-0.3, -0.25) is 0 Å². The average molecular weight is 199 g/mol. The fraction of sp³-hybridized carbons (Fsp3) is 0.818. The predicted molar refractivity (Wildman–Crippen MR) is 65.1 cm³/mol. The molecule has 0 aliphatic rings. The fourth-order valence-corrected chi connectivity index (χ4v) is 3.40. The van der Waals surface area contributed by atoms with Crippen LogP contribution in [-0.4, -0.2) is 32.6 Å². The molecule has 2 heteroatoms. The van der Waals surface area contributed by atoms with E-state index in [1.807, 2.05) is 0 Å². The third kappa shape index (κ3) is 6.05. The summed E-state index contributed by atoms with van der Waals surface area (Å²) in [6, 6.07) is 2.66. The molecule has 0 bridgehead atoms. The molecule has 1 nitrogen and oxygen atoms in total. The Labute approximate surface area is 84.8 Å². The fourth-order valence-electron chi connectivity index (χ4n) is 1.49. The minimum Gasteiger partial charge on any atom is -0.304 e. The summed E-state index contributed by atoms with van der Waals surface area (Å²) in [5, 5.41) is 0. The van der Waals surface area contributed by atoms with E-state index in [1.165, 1.54) is 31.7 Å². The Hall–Kier alpha value is -0.0831. The van der Waals surface area contributed by atoms with Crippen LogP contribution >= 0.6 is 0 Å². The molecule has 0 aromatic heterocycles. The Morgan fingerprint density at radius 2 is 1.77 bits per heavy atom. The molecule has 0 radical (unpaired) electrons. The van der Waals surface area contributed by atoms with E-state index in [-0.39, 0.29) is 0 Å². The summed E-state index contributed by atoms with van der Waals surface area (Å²) >= 11 is 0. The van der Waals surface area contributed by atoms with Crippen molar-refractivity contribution >= 4 is 8.07 Å². The van der Waals surface area contributed by atoms with Gasteiger partial charge in [0, 0.05) is 0 Å². The second-order valence-electron chi connectivity index (χ2n) is 4.43. The average Bonchev–Trinajstić information content (AvgIpc) is 2.06. The van der Waals surface area contributed by atoms with E-state index in [0.29, 0.717) is 0 Å². The van der Waals surface area contributed by atoms with Crippen molar-refractivity contribution in [3.63, 3.8) is 0 Å². The Morgan fingerprint density at radius 3 is 2.15 bits per heavy atom. The zero-order chi connectivity index (χ0) is 10.3. The molecule has 0 aromatic rings. The molecule has 0 atom stereocenters. The van der Waals surface area contributed by atoms with Gasteiger partial charge in [-0.15, -0.1) is 6.58 Å². The highest BCUT2D eigenvalue weighted by atomic mass is 28.3. The van der Waals surface area contributed by atoms with Gasteiger partial charge >= 0.3 is 0 Å². The van der Waals surface area contributed by atoms with E-state index in [2.05, 4.69) is 44.5 Å². The Balaban J connectivity index is 3.77. The quantitative estimate of drug-likeness (QED) is 0.449. The first kappa shape index (κ1) is 12.9. The summed E-state index contributed by atoms with van der Waals surface area (Å²) in [5.41, 5.74) is 0. The third-order valence-corrected chi connectivity index (χ3v) is 5.67. The van der Waals surface area contributed by atoms with Crippen LogP contribution in [0.4, 0.5) is 0 Å². The first-order chi connectivity index (χ1) is 6.05. The van der Waals surface area contributed by atoms with Crippen LogP contribution in [0, 0.1) is 0 Å². The van der Waals surface area contributed by atoms with Crippen molar-refractivity contribution in [2.75, 3.05) is 19.6 Å². The van der Waals surface area contributed by atoms with Crippen LogP contribution in [0.15, 0.2) is 12.7 Å². The molecule has 0 amide bonds. The lowest BCUT2D eigenvalue weighted by Gasteiger charge is -2.25. The molecule has 0 spiro atoms. The van der Waals surface area contributed by atoms with Crippen molar-refractivity contribution in [3.8, 4) is 0 Å². The van der Waals surface area contributed by atoms with E-state index in [4.69, 9.17) is 0 Å². The molecule has 0 fully saturated rings. The van der Waals surface area contributed by atoms with Crippen LogP contribution in [0.5, 0.6) is 0 Å². The van der Waals surface area contributed by atoms with Gasteiger partial charge < -0.3 is 4.90 Å². The highest BCUT2D eigenvalue weighted by Crippen LogP contribution is 2.15. The summed E-state index contributed by atoms with van der Waals surface area (Å²) in [6.45, 7) is 16.9. The van der Waals surface area contributed by atoms with E-state index in [0.717, 1.165) is 0 Å². The van der Waals surface area contributed by atoms with Crippen LogP contribution in [-0.2, 0) is 0 Å². The second kappa shape index (κ2) is 6.38. The van der Waals surface area contributed by atoms with Gasteiger partial charge in [-0.25, -0.2) is 0 Å². The maximum Gasteiger partial charge on any atom is 0.0523 e. The number of hydrogen-bond donors (Lipinski definition) is 0. The molecule has 0 aliphatic heterocycles. The zero-order valence-corrected chi connectivity index (χ0v) is 10.8. The van der Waals surface area contributed by atoms with Crippen molar-refractivity contribution in [3.05, 3.63) is 12.7 Å². The summed E-state index contributed by atoms with van der Waals surface area (Å²) in [7, 11) is -0.958. The normalized spacial score (nSPS) is 12.1. The lowest BCUT2D eigenvalue weighted by molar-refractivity contribution is 0.319. The Bertz CT molecular complexity index is 139. The second-order valence-corrected chi connectivity index (χ2v) is 9.67. The van der Waals surface area contributed by atoms with Crippen LogP contribution in [0.1, 0.15) is 13.8 Å². The molecule has 0 saturated heterocycles. The first-order valence-corrected chi connectivity index (χ1v) is 8.80. The van der Waals surface area contributed by atoms with Crippen molar-refractivity contribution in [1.29, 1.82) is 0 Å². The highest BCUT2D eigenvalue weighted by Gasteiger charge is 2.18. The number of hydrogen-bond acceptors (Lipinski definition) is 1. The number of rotatable bonds is 7. The van der Waals surface area contributed by atoms with Gasteiger partial charge in [-0.2, -0.15) is 0 Å². The minimum atomic E-state index is -0.958. The first-order valence-electron chi connectivity index (χ1n) is 5.39. The molecule has 0 heterocycles. The molecule has 13 heavy (non-hydrogen) atoms. The molecule has 0 aliphatic carbocycles. The minimum absolute atomic E-state index is 0.958. The van der Waals surface area contributed by atoms with Crippen molar-refractivity contribution in [2.45, 2.75) is 39.0 Å². The smallest absolute Gasteiger partial charge is 0.0523 e. The standard InChI is InChI=1S/C11H25NSi/c1-6-10-13(4,5)11-9-12(7-2)8-3/h6H,1,7-11H2,2-5H3. The zero-order valence-electron chi connectivity index (χ0n) is 9.77. The Morgan fingerprint density at radius 1 is 1.23 bits per heavy atom. The van der Waals surface area contributed by atoms with E-state index in [9.17, 15) is 0 Å². The highest BCUT2D eigenvalue weighted by molar-refractivity contribution is 6.77. The summed E-state index contributed by atoms with van der Waals surface area (Å²) in [5.74, 6) is 0. The molecule has 0 rings (SSSR count). The van der Waals surface area contributed by atoms with Crippen LogP contribution < -0.4 is 0 Å². The number of nitrogens with zero attached hydrogens (tertiary/aromatic N) is 1. The van der Waals surface area contributed by atoms with Crippen molar-refractivity contribution in [1.82, 2.24) is 4.90 Å². The largest absolute Gasteiger partial charge is 0.304 e. The lowest BCUT2D eigenvalue weighted by atomic mass is 10.5. The summed E-state index contributed by atoms with van der Waals surface area (Å²) in [6.07, 6.45) is 2.09. The monoisotopic (exact) mass is 199 g/mol. The maximum absolute atomic E-state index is 3.83. The van der Waals surface area contributed by atoms with Crippen molar-refractivity contribution < 1.29 is 0 Å². The van der Waals surface area contributed by atoms with E-state index in [1.54, 1.807) is 0 Å². The predicted octanol–water partition coefficient (Wildman–Crippen LogP) is 3.22. The van der Waals surface area contributed by atoms with E-state index >= 15 is 0 Å². The van der Waals surface area contributed by atoms with Crippen LogP contribution in [0.2, 0.25) is 25.2 Å². The molecule has 78 valence electrons. The van der Waals surface area contributed by atoms with Gasteiger partial charge in [0.2, 0.25) is 0 Å². The SMILES string of the molecule is C=CC[Si](C)(C)CCN(CC)CC. The van der Waals surface area contributed by atoms with Gasteiger partial charge in [0.05, 0.1) is 8.07 Å². The van der Waals surface area contributed by atoms with Gasteiger partial charge in [0.15, 0.2) is 0 Å².